The van der Waals surface area contributed by atoms with Gasteiger partial charge in [-0.15, -0.1) is 0 Å². The fourth-order valence-corrected chi connectivity index (χ4v) is 6.27. The molecule has 0 spiro atoms. The number of nitrogens with zero attached hydrogens (tertiary/aromatic N) is 3. The average molecular weight is 651 g/mol. The second-order valence-corrected chi connectivity index (χ2v) is 13.3. The number of carboxylic acid groups (broad SMARTS) is 1. The summed E-state index contributed by atoms with van der Waals surface area (Å²) in [6.07, 6.45) is 2.81. The third kappa shape index (κ3) is 7.24. The van der Waals surface area contributed by atoms with Crippen molar-refractivity contribution in [1.29, 1.82) is 0 Å². The second kappa shape index (κ2) is 13.2. The Morgan fingerprint density at radius 3 is 2.57 bits per heavy atom. The minimum atomic E-state index is -1.31. The Kier molecular flexibility index (Phi) is 9.19. The molecule has 0 bridgehead atoms. The largest absolute Gasteiger partial charge is 0.495 e. The van der Waals surface area contributed by atoms with E-state index in [9.17, 15) is 24.5 Å². The predicted octanol–water partition coefficient (Wildman–Crippen LogP) is 3.05. The van der Waals surface area contributed by atoms with Crippen molar-refractivity contribution in [1.82, 2.24) is 14.8 Å². The molecule has 1 aliphatic carbocycles. The van der Waals surface area contributed by atoms with Crippen LogP contribution in [-0.4, -0.2) is 90.3 Å². The Hall–Kier alpha value is -4.14. The number of hydrogen-bond acceptors (Lipinski definition) is 9. The van der Waals surface area contributed by atoms with Crippen LogP contribution in [-0.2, 0) is 9.39 Å². The average Bonchev–Trinajstić information content (AvgIpc) is 3.81. The van der Waals surface area contributed by atoms with Crippen LogP contribution in [0.4, 0.5) is 14.9 Å². The zero-order chi connectivity index (χ0) is 33.5. The first-order valence-corrected chi connectivity index (χ1v) is 16.0. The SMILES string of the molecule is CC(C)(C)OC(=O)NCC1OB(O)c2c(OCCCN3CCN(c4cc5c(cc4F)c(=O)c(C(=O)O)cn5C4CC4)CC3)cccc21. The molecule has 3 N–H and O–H groups in total. The molecule has 3 aliphatic rings. The monoisotopic (exact) mass is 650 g/mol. The highest BCUT2D eigenvalue weighted by Gasteiger charge is 2.38. The van der Waals surface area contributed by atoms with Gasteiger partial charge in [0, 0.05) is 62.4 Å². The van der Waals surface area contributed by atoms with Crippen molar-refractivity contribution in [3.8, 4) is 5.75 Å². The van der Waals surface area contributed by atoms with Crippen LogP contribution < -0.4 is 25.8 Å². The van der Waals surface area contributed by atoms with Crippen molar-refractivity contribution in [2.45, 2.75) is 57.8 Å². The number of alkyl carbamates (subject to hydrolysis) is 1. The van der Waals surface area contributed by atoms with Gasteiger partial charge in [0.15, 0.2) is 0 Å². The van der Waals surface area contributed by atoms with Gasteiger partial charge in [0.1, 0.15) is 22.7 Å². The van der Waals surface area contributed by atoms with Gasteiger partial charge in [-0.3, -0.25) is 9.69 Å². The molecule has 12 nitrogen and oxygen atoms in total. The van der Waals surface area contributed by atoms with Crippen molar-refractivity contribution in [3.63, 3.8) is 0 Å². The highest BCUT2D eigenvalue weighted by molar-refractivity contribution is 6.62. The third-order valence-electron chi connectivity index (χ3n) is 8.68. The van der Waals surface area contributed by atoms with E-state index in [2.05, 4.69) is 10.2 Å². The predicted molar refractivity (Wildman–Crippen MR) is 174 cm³/mol. The summed E-state index contributed by atoms with van der Waals surface area (Å²) in [7, 11) is -1.17. The highest BCUT2D eigenvalue weighted by Crippen LogP contribution is 2.38. The number of hydrogen-bond donors (Lipinski definition) is 3. The zero-order valence-corrected chi connectivity index (χ0v) is 26.8. The first kappa shape index (κ1) is 32.8. The molecule has 1 amide bonds. The van der Waals surface area contributed by atoms with E-state index in [-0.39, 0.29) is 23.5 Å². The number of ether oxygens (including phenoxy) is 2. The van der Waals surface area contributed by atoms with Gasteiger partial charge in [-0.05, 0) is 63.8 Å². The molecule has 1 unspecified atom stereocenters. The second-order valence-electron chi connectivity index (χ2n) is 13.3. The first-order valence-electron chi connectivity index (χ1n) is 16.0. The van der Waals surface area contributed by atoms with E-state index in [4.69, 9.17) is 14.1 Å². The lowest BCUT2D eigenvalue weighted by molar-refractivity contribution is 0.0498. The number of nitrogens with one attached hydrogen (secondary N) is 1. The van der Waals surface area contributed by atoms with Crippen LogP contribution in [0, 0.1) is 5.82 Å². The van der Waals surface area contributed by atoms with E-state index in [1.807, 2.05) is 21.6 Å². The number of amides is 1. The fraction of sp³-hybridized carbons (Fsp3) is 0.485. The van der Waals surface area contributed by atoms with E-state index in [0.29, 0.717) is 55.2 Å². The molecule has 2 fully saturated rings. The van der Waals surface area contributed by atoms with Crippen molar-refractivity contribution in [3.05, 3.63) is 63.7 Å². The number of fused-ring (bicyclic) bond motifs is 2. The van der Waals surface area contributed by atoms with Gasteiger partial charge in [0.25, 0.3) is 0 Å². The normalized spacial score (nSPS) is 18.4. The zero-order valence-electron chi connectivity index (χ0n) is 26.8. The standard InChI is InChI=1S/C33H40BFN4O8/c1-33(2,3)46-32(43)36-18-28-21-6-4-7-27(29(21)34(44)47-28)45-15-5-10-37-11-13-38(14-12-37)26-17-25-22(16-24(26)35)30(40)23(31(41)42)19-39(25)20-8-9-20/h4,6-7,16-17,19-20,28,44H,5,8-15,18H2,1-3H3,(H,36,43)(H,41,42). The summed E-state index contributed by atoms with van der Waals surface area (Å²) in [6.45, 7) is 9.29. The molecule has 47 heavy (non-hydrogen) atoms. The maximum Gasteiger partial charge on any atom is 0.495 e. The Balaban J connectivity index is 1.02. The van der Waals surface area contributed by atoms with Crippen molar-refractivity contribution in [2.75, 3.05) is 50.8 Å². The summed E-state index contributed by atoms with van der Waals surface area (Å²) in [5.41, 5.74) is 0.649. The number of carbonyl (C=O) groups excluding carboxylic acids is 1. The number of benzene rings is 2. The van der Waals surface area contributed by atoms with Gasteiger partial charge in [0.05, 0.1) is 23.9 Å². The maximum absolute atomic E-state index is 15.3. The molecule has 6 rings (SSSR count). The van der Waals surface area contributed by atoms with Gasteiger partial charge >= 0.3 is 19.2 Å². The molecule has 1 aromatic heterocycles. The van der Waals surface area contributed by atoms with Crippen LogP contribution in [0.3, 0.4) is 0 Å². The van der Waals surface area contributed by atoms with E-state index in [1.54, 1.807) is 32.9 Å². The van der Waals surface area contributed by atoms with Crippen LogP contribution in [0.15, 0.2) is 41.3 Å². The fourth-order valence-electron chi connectivity index (χ4n) is 6.27. The molecule has 1 atom stereocenters. The summed E-state index contributed by atoms with van der Waals surface area (Å²) in [5.74, 6) is -1.31. The van der Waals surface area contributed by atoms with Gasteiger partial charge in [-0.25, -0.2) is 14.0 Å². The lowest BCUT2D eigenvalue weighted by atomic mass is 9.78. The van der Waals surface area contributed by atoms with Crippen LogP contribution >= 0.6 is 0 Å². The Bertz CT molecular complexity index is 1730. The smallest absolute Gasteiger partial charge is 0.494 e. The molecule has 14 heteroatoms. The molecule has 3 aromatic rings. The van der Waals surface area contributed by atoms with Crippen LogP contribution in [0.25, 0.3) is 10.9 Å². The number of aromatic carboxylic acids is 1. The number of carboxylic acids is 1. The lowest BCUT2D eigenvalue weighted by Gasteiger charge is -2.36. The number of pyridine rings is 1. The van der Waals surface area contributed by atoms with E-state index < -0.39 is 42.1 Å². The van der Waals surface area contributed by atoms with Gasteiger partial charge < -0.3 is 39.0 Å². The quantitative estimate of drug-likeness (QED) is 0.221. The van der Waals surface area contributed by atoms with Crippen molar-refractivity contribution in [2.24, 2.45) is 0 Å². The molecule has 1 saturated heterocycles. The molecule has 0 radical (unpaired) electrons. The number of piperazine rings is 1. The maximum atomic E-state index is 15.3. The highest BCUT2D eigenvalue weighted by atomic mass is 19.1. The number of aromatic nitrogens is 1. The summed E-state index contributed by atoms with van der Waals surface area (Å²) >= 11 is 0. The van der Waals surface area contributed by atoms with E-state index >= 15 is 4.39 Å². The minimum Gasteiger partial charge on any atom is -0.494 e. The summed E-state index contributed by atoms with van der Waals surface area (Å²) in [5, 5.41) is 22.9. The molecule has 1 saturated carbocycles. The third-order valence-corrected chi connectivity index (χ3v) is 8.68. The first-order chi connectivity index (χ1) is 22.4. The van der Waals surface area contributed by atoms with Gasteiger partial charge in [-0.1, -0.05) is 12.1 Å². The van der Waals surface area contributed by atoms with Gasteiger partial charge in [0.2, 0.25) is 5.43 Å². The minimum absolute atomic E-state index is 0.0906. The molecule has 3 heterocycles. The van der Waals surface area contributed by atoms with Crippen LogP contribution in [0.1, 0.15) is 68.1 Å². The summed E-state index contributed by atoms with van der Waals surface area (Å²) in [6, 6.07) is 8.45. The van der Waals surface area contributed by atoms with Crippen LogP contribution in [0.5, 0.6) is 5.75 Å². The molecular formula is C33H40BFN4O8. The number of halogens is 1. The number of anilines is 1. The number of carbonyl (C=O) groups is 2. The van der Waals surface area contributed by atoms with E-state index in [1.165, 1.54) is 12.3 Å². The Morgan fingerprint density at radius 1 is 1.15 bits per heavy atom. The van der Waals surface area contributed by atoms with E-state index in [0.717, 1.165) is 31.4 Å². The van der Waals surface area contributed by atoms with Crippen LogP contribution in [0.2, 0.25) is 0 Å². The molecule has 2 aliphatic heterocycles. The molecular weight excluding hydrogens is 610 g/mol. The summed E-state index contributed by atoms with van der Waals surface area (Å²) < 4.78 is 34.2. The number of rotatable bonds is 10. The summed E-state index contributed by atoms with van der Waals surface area (Å²) in [4.78, 5) is 40.8. The lowest BCUT2D eigenvalue weighted by Crippen LogP contribution is -2.47. The van der Waals surface area contributed by atoms with Gasteiger partial charge in [-0.2, -0.15) is 0 Å². The van der Waals surface area contributed by atoms with Crippen molar-refractivity contribution >= 4 is 41.2 Å². The van der Waals surface area contributed by atoms with Crippen molar-refractivity contribution < 1.29 is 38.2 Å². The topological polar surface area (TPSA) is 143 Å². The Morgan fingerprint density at radius 2 is 1.89 bits per heavy atom. The Labute approximate surface area is 272 Å². The molecule has 2 aromatic carbocycles. The molecule has 250 valence electrons.